The van der Waals surface area contributed by atoms with Crippen molar-refractivity contribution in [1.29, 1.82) is 0 Å². The van der Waals surface area contributed by atoms with E-state index in [4.69, 9.17) is 0 Å². The number of nitrogens with one attached hydrogen (secondary N) is 2. The molecule has 0 aromatic heterocycles. The summed E-state index contributed by atoms with van der Waals surface area (Å²) in [6.45, 7) is 4.25. The molecule has 5 heteroatoms. The van der Waals surface area contributed by atoms with Crippen molar-refractivity contribution in [3.63, 3.8) is 0 Å². The average Bonchev–Trinajstić information content (AvgIpc) is 2.99. The van der Waals surface area contributed by atoms with E-state index in [1.165, 1.54) is 25.7 Å². The molecule has 0 aromatic rings. The second-order valence-electron chi connectivity index (χ2n) is 5.54. The lowest BCUT2D eigenvalue weighted by Gasteiger charge is -2.28. The van der Waals surface area contributed by atoms with Crippen LogP contribution in [0.4, 0.5) is 0 Å². The molecule has 100 valence electrons. The maximum absolute atomic E-state index is 12.1. The minimum atomic E-state index is -3.11. The first-order valence-electron chi connectivity index (χ1n) is 6.77. The highest BCUT2D eigenvalue weighted by atomic mass is 32.2. The smallest absolute Gasteiger partial charge is 0.215 e. The molecule has 0 radical (unpaired) electrons. The third kappa shape index (κ3) is 3.01. The molecule has 17 heavy (non-hydrogen) atoms. The number of sulfonamides is 1. The Hall–Kier alpha value is -0.130. The molecule has 4 nitrogen and oxygen atoms in total. The lowest BCUT2D eigenvalue weighted by molar-refractivity contribution is 0.285. The van der Waals surface area contributed by atoms with Gasteiger partial charge in [-0.25, -0.2) is 13.1 Å². The zero-order chi connectivity index (χ0) is 12.4. The highest BCUT2D eigenvalue weighted by molar-refractivity contribution is 7.90. The third-order valence-corrected chi connectivity index (χ3v) is 6.34. The van der Waals surface area contributed by atoms with Crippen LogP contribution in [0, 0.1) is 5.41 Å². The van der Waals surface area contributed by atoms with Crippen LogP contribution in [0.25, 0.3) is 0 Å². The van der Waals surface area contributed by atoms with Gasteiger partial charge in [0.25, 0.3) is 0 Å². The molecule has 0 amide bonds. The van der Waals surface area contributed by atoms with Gasteiger partial charge in [0.15, 0.2) is 0 Å². The van der Waals surface area contributed by atoms with Crippen LogP contribution in [0.3, 0.4) is 0 Å². The van der Waals surface area contributed by atoms with Gasteiger partial charge in [-0.1, -0.05) is 19.8 Å². The van der Waals surface area contributed by atoms with Gasteiger partial charge < -0.3 is 5.32 Å². The van der Waals surface area contributed by atoms with Gasteiger partial charge >= 0.3 is 0 Å². The van der Waals surface area contributed by atoms with Gasteiger partial charge in [0.2, 0.25) is 10.0 Å². The van der Waals surface area contributed by atoms with Gasteiger partial charge in [-0.2, -0.15) is 0 Å². The molecule has 2 aliphatic rings. The topological polar surface area (TPSA) is 58.2 Å². The number of hydrogen-bond acceptors (Lipinski definition) is 3. The molecule has 1 unspecified atom stereocenters. The molecular formula is C12H24N2O2S. The SMILES string of the molecule is CCC1(CNS(=O)(=O)C2CCNC2)CCCC1. The van der Waals surface area contributed by atoms with Crippen LogP contribution in [0.5, 0.6) is 0 Å². The Morgan fingerprint density at radius 1 is 1.35 bits per heavy atom. The predicted molar refractivity (Wildman–Crippen MR) is 69.4 cm³/mol. The van der Waals surface area contributed by atoms with Crippen LogP contribution in [-0.2, 0) is 10.0 Å². The van der Waals surface area contributed by atoms with Gasteiger partial charge in [-0.3, -0.25) is 0 Å². The Morgan fingerprint density at radius 2 is 2.06 bits per heavy atom. The summed E-state index contributed by atoms with van der Waals surface area (Å²) in [6, 6.07) is 0. The standard InChI is InChI=1S/C12H24N2O2S/c1-2-12(6-3-4-7-12)10-14-17(15,16)11-5-8-13-9-11/h11,13-14H,2-10H2,1H3. The average molecular weight is 260 g/mol. The molecule has 2 fully saturated rings. The maximum Gasteiger partial charge on any atom is 0.215 e. The van der Waals surface area contributed by atoms with Gasteiger partial charge in [-0.05, 0) is 37.6 Å². The molecule has 0 bridgehead atoms. The molecule has 1 heterocycles. The van der Waals surface area contributed by atoms with Crippen molar-refractivity contribution >= 4 is 10.0 Å². The number of hydrogen-bond donors (Lipinski definition) is 2. The fourth-order valence-corrected chi connectivity index (χ4v) is 4.55. The normalized spacial score (nSPS) is 28.6. The van der Waals surface area contributed by atoms with Gasteiger partial charge in [-0.15, -0.1) is 0 Å². The lowest BCUT2D eigenvalue weighted by atomic mass is 9.84. The first-order valence-corrected chi connectivity index (χ1v) is 8.32. The van der Waals surface area contributed by atoms with E-state index < -0.39 is 10.0 Å². The van der Waals surface area contributed by atoms with E-state index in [-0.39, 0.29) is 10.7 Å². The van der Waals surface area contributed by atoms with E-state index in [2.05, 4.69) is 17.0 Å². The highest BCUT2D eigenvalue weighted by Gasteiger charge is 2.35. The van der Waals surface area contributed by atoms with Gasteiger partial charge in [0.1, 0.15) is 0 Å². The molecule has 0 aromatic carbocycles. The van der Waals surface area contributed by atoms with Crippen molar-refractivity contribution in [2.45, 2.75) is 50.7 Å². The molecule has 2 N–H and O–H groups in total. The molecule has 1 saturated heterocycles. The Kier molecular flexibility index (Phi) is 4.10. The number of rotatable bonds is 5. The molecule has 2 rings (SSSR count). The maximum atomic E-state index is 12.1. The van der Waals surface area contributed by atoms with E-state index >= 15 is 0 Å². The zero-order valence-electron chi connectivity index (χ0n) is 10.7. The van der Waals surface area contributed by atoms with Crippen LogP contribution in [0.15, 0.2) is 0 Å². The van der Waals surface area contributed by atoms with Crippen LogP contribution in [0.1, 0.15) is 45.4 Å². The van der Waals surface area contributed by atoms with E-state index in [0.717, 1.165) is 19.4 Å². The fraction of sp³-hybridized carbons (Fsp3) is 1.00. The second kappa shape index (κ2) is 5.24. The van der Waals surface area contributed by atoms with Crippen molar-refractivity contribution in [2.75, 3.05) is 19.6 Å². The second-order valence-corrected chi connectivity index (χ2v) is 7.59. The quantitative estimate of drug-likeness (QED) is 0.782. The van der Waals surface area contributed by atoms with Crippen molar-refractivity contribution in [3.8, 4) is 0 Å². The summed E-state index contributed by atoms with van der Waals surface area (Å²) in [6.07, 6.45) is 6.68. The summed E-state index contributed by atoms with van der Waals surface area (Å²) in [5.74, 6) is 0. The van der Waals surface area contributed by atoms with Crippen LogP contribution < -0.4 is 10.0 Å². The predicted octanol–water partition coefficient (Wildman–Crippen LogP) is 1.24. The van der Waals surface area contributed by atoms with Crippen LogP contribution in [-0.4, -0.2) is 33.3 Å². The third-order valence-electron chi connectivity index (χ3n) is 4.52. The van der Waals surface area contributed by atoms with E-state index in [1.807, 2.05) is 0 Å². The summed E-state index contributed by atoms with van der Waals surface area (Å²) < 4.78 is 27.1. The zero-order valence-corrected chi connectivity index (χ0v) is 11.5. The highest BCUT2D eigenvalue weighted by Crippen LogP contribution is 2.40. The Bertz CT molecular complexity index is 342. The summed E-state index contributed by atoms with van der Waals surface area (Å²) in [4.78, 5) is 0. The van der Waals surface area contributed by atoms with Gasteiger partial charge in [0.05, 0.1) is 5.25 Å². The van der Waals surface area contributed by atoms with Crippen LogP contribution in [0.2, 0.25) is 0 Å². The van der Waals surface area contributed by atoms with Crippen molar-refractivity contribution < 1.29 is 8.42 Å². The van der Waals surface area contributed by atoms with Crippen molar-refractivity contribution in [2.24, 2.45) is 5.41 Å². The molecule has 1 saturated carbocycles. The van der Waals surface area contributed by atoms with Crippen molar-refractivity contribution in [1.82, 2.24) is 10.0 Å². The van der Waals surface area contributed by atoms with Crippen LogP contribution >= 0.6 is 0 Å². The largest absolute Gasteiger partial charge is 0.315 e. The van der Waals surface area contributed by atoms with E-state index in [1.54, 1.807) is 0 Å². The molecule has 1 aliphatic carbocycles. The Labute approximate surface area is 105 Å². The van der Waals surface area contributed by atoms with Crippen molar-refractivity contribution in [3.05, 3.63) is 0 Å². The summed E-state index contributed by atoms with van der Waals surface area (Å²) >= 11 is 0. The summed E-state index contributed by atoms with van der Waals surface area (Å²) in [7, 11) is -3.11. The van der Waals surface area contributed by atoms with E-state index in [0.29, 0.717) is 13.1 Å². The lowest BCUT2D eigenvalue weighted by Crippen LogP contribution is -2.41. The summed E-state index contributed by atoms with van der Waals surface area (Å²) in [5, 5.41) is 2.89. The monoisotopic (exact) mass is 260 g/mol. The molecule has 0 spiro atoms. The van der Waals surface area contributed by atoms with Gasteiger partial charge in [0, 0.05) is 13.1 Å². The minimum Gasteiger partial charge on any atom is -0.315 e. The first kappa shape index (κ1) is 13.3. The molecule has 1 aliphatic heterocycles. The summed E-state index contributed by atoms with van der Waals surface area (Å²) in [5.41, 5.74) is 0.235. The molecule has 1 atom stereocenters. The fourth-order valence-electron chi connectivity index (χ4n) is 3.04. The molecular weight excluding hydrogens is 236 g/mol. The first-order chi connectivity index (χ1) is 8.08. The Morgan fingerprint density at radius 3 is 2.59 bits per heavy atom. The van der Waals surface area contributed by atoms with E-state index in [9.17, 15) is 8.42 Å². The minimum absolute atomic E-state index is 0.224. The Balaban J connectivity index is 1.92.